The third kappa shape index (κ3) is 3.09. The molecule has 1 unspecified atom stereocenters. The van der Waals surface area contributed by atoms with Crippen LogP contribution in [0.3, 0.4) is 0 Å². The summed E-state index contributed by atoms with van der Waals surface area (Å²) >= 11 is 0. The summed E-state index contributed by atoms with van der Waals surface area (Å²) in [6.45, 7) is 4.11. The lowest BCUT2D eigenvalue weighted by Gasteiger charge is -2.35. The number of para-hydroxylation sites is 1. The zero-order chi connectivity index (χ0) is 18.1. The van der Waals surface area contributed by atoms with Crippen LogP contribution in [0.2, 0.25) is 0 Å². The molecule has 4 aromatic rings. The van der Waals surface area contributed by atoms with Gasteiger partial charge in [-0.25, -0.2) is 0 Å². The Kier molecular flexibility index (Phi) is 4.32. The van der Waals surface area contributed by atoms with Crippen molar-refractivity contribution in [1.29, 1.82) is 0 Å². The number of pyridine rings is 1. The fourth-order valence-electron chi connectivity index (χ4n) is 4.21. The third-order valence-corrected chi connectivity index (χ3v) is 5.53. The van der Waals surface area contributed by atoms with E-state index in [0.717, 1.165) is 37.4 Å². The molecule has 0 radical (unpaired) electrons. The highest BCUT2D eigenvalue weighted by Crippen LogP contribution is 2.33. The maximum Gasteiger partial charge on any atom is 0.0783 e. The van der Waals surface area contributed by atoms with Crippen LogP contribution < -0.4 is 5.32 Å². The van der Waals surface area contributed by atoms with Gasteiger partial charge in [-0.15, -0.1) is 0 Å². The van der Waals surface area contributed by atoms with Gasteiger partial charge in [0.1, 0.15) is 0 Å². The topological polar surface area (TPSA) is 28.2 Å². The number of piperazine rings is 1. The third-order valence-electron chi connectivity index (χ3n) is 5.53. The first kappa shape index (κ1) is 16.4. The van der Waals surface area contributed by atoms with Crippen molar-refractivity contribution < 1.29 is 0 Å². The van der Waals surface area contributed by atoms with E-state index in [0.29, 0.717) is 0 Å². The molecule has 5 rings (SSSR count). The molecule has 1 aliphatic heterocycles. The number of rotatable bonds is 3. The minimum Gasteiger partial charge on any atom is -0.314 e. The molecule has 1 aromatic heterocycles. The summed E-state index contributed by atoms with van der Waals surface area (Å²) in [6.07, 6.45) is 0. The molecule has 0 aliphatic carbocycles. The van der Waals surface area contributed by atoms with E-state index in [9.17, 15) is 0 Å². The highest BCUT2D eigenvalue weighted by molar-refractivity contribution is 5.86. The number of nitrogens with one attached hydrogen (secondary N) is 1. The molecule has 2 heterocycles. The molecule has 0 amide bonds. The molecule has 1 fully saturated rings. The number of aromatic nitrogens is 1. The number of nitrogens with zero attached hydrogens (tertiary/aromatic N) is 2. The Balaban J connectivity index is 1.70. The Morgan fingerprint density at radius 1 is 0.741 bits per heavy atom. The van der Waals surface area contributed by atoms with E-state index in [-0.39, 0.29) is 6.04 Å². The van der Waals surface area contributed by atoms with Crippen LogP contribution in [0.5, 0.6) is 0 Å². The minimum atomic E-state index is 0.169. The Labute approximate surface area is 159 Å². The van der Waals surface area contributed by atoms with Gasteiger partial charge in [0.2, 0.25) is 0 Å². The van der Waals surface area contributed by atoms with E-state index in [1.807, 2.05) is 0 Å². The van der Waals surface area contributed by atoms with Gasteiger partial charge in [0.15, 0.2) is 0 Å². The number of benzene rings is 3. The fraction of sp³-hybridized carbons (Fsp3) is 0.208. The van der Waals surface area contributed by atoms with Crippen LogP contribution in [0.1, 0.15) is 17.3 Å². The van der Waals surface area contributed by atoms with E-state index in [2.05, 4.69) is 89.1 Å². The normalized spacial score (nSPS) is 16.6. The van der Waals surface area contributed by atoms with Crippen LogP contribution in [0, 0.1) is 0 Å². The summed E-state index contributed by atoms with van der Waals surface area (Å²) in [4.78, 5) is 7.64. The summed E-state index contributed by atoms with van der Waals surface area (Å²) in [5, 5.41) is 7.28. The molecule has 27 heavy (non-hydrogen) atoms. The van der Waals surface area contributed by atoms with Crippen molar-refractivity contribution in [2.75, 3.05) is 26.2 Å². The van der Waals surface area contributed by atoms with Crippen molar-refractivity contribution in [2.24, 2.45) is 0 Å². The lowest BCUT2D eigenvalue weighted by molar-refractivity contribution is 0.196. The van der Waals surface area contributed by atoms with Gasteiger partial charge in [0, 0.05) is 31.6 Å². The Morgan fingerprint density at radius 2 is 1.48 bits per heavy atom. The number of fused-ring (bicyclic) bond motifs is 2. The SMILES string of the molecule is c1ccc2nc(C(c3cccc4ccccc34)N3CCNCC3)ccc2c1. The molecule has 1 N–H and O–H groups in total. The molecule has 0 saturated carbocycles. The highest BCUT2D eigenvalue weighted by Gasteiger charge is 2.26. The average Bonchev–Trinajstić information content (AvgIpc) is 2.75. The molecular formula is C24H23N3. The van der Waals surface area contributed by atoms with Crippen molar-refractivity contribution in [1.82, 2.24) is 15.2 Å². The van der Waals surface area contributed by atoms with E-state index < -0.39 is 0 Å². The van der Waals surface area contributed by atoms with E-state index in [1.54, 1.807) is 0 Å². The molecule has 1 saturated heterocycles. The Bertz CT molecular complexity index is 1080. The average molecular weight is 353 g/mol. The maximum absolute atomic E-state index is 5.07. The smallest absolute Gasteiger partial charge is 0.0783 e. The summed E-state index contributed by atoms with van der Waals surface area (Å²) in [6, 6.07) is 28.3. The van der Waals surface area contributed by atoms with Crippen LogP contribution in [0.25, 0.3) is 21.7 Å². The first-order chi connectivity index (χ1) is 13.4. The van der Waals surface area contributed by atoms with Gasteiger partial charge >= 0.3 is 0 Å². The summed E-state index contributed by atoms with van der Waals surface area (Å²) in [5.41, 5.74) is 3.54. The summed E-state index contributed by atoms with van der Waals surface area (Å²) in [5.74, 6) is 0. The molecule has 3 aromatic carbocycles. The maximum atomic E-state index is 5.07. The molecule has 1 aliphatic rings. The molecule has 134 valence electrons. The van der Waals surface area contributed by atoms with Crippen LogP contribution in [0.15, 0.2) is 78.9 Å². The predicted molar refractivity (Wildman–Crippen MR) is 112 cm³/mol. The second kappa shape index (κ2) is 7.10. The lowest BCUT2D eigenvalue weighted by atomic mass is 9.94. The molecular weight excluding hydrogens is 330 g/mol. The molecule has 3 nitrogen and oxygen atoms in total. The van der Waals surface area contributed by atoms with Gasteiger partial charge in [0.25, 0.3) is 0 Å². The molecule has 0 spiro atoms. The van der Waals surface area contributed by atoms with Crippen molar-refractivity contribution in [3.05, 3.63) is 90.1 Å². The van der Waals surface area contributed by atoms with Gasteiger partial charge in [-0.3, -0.25) is 9.88 Å². The second-order valence-corrected chi connectivity index (χ2v) is 7.19. The van der Waals surface area contributed by atoms with Gasteiger partial charge < -0.3 is 5.32 Å². The Hall–Kier alpha value is -2.75. The fourth-order valence-corrected chi connectivity index (χ4v) is 4.21. The lowest BCUT2D eigenvalue weighted by Crippen LogP contribution is -2.45. The molecule has 1 atom stereocenters. The predicted octanol–water partition coefficient (Wildman–Crippen LogP) is 4.38. The van der Waals surface area contributed by atoms with Gasteiger partial charge in [0.05, 0.1) is 17.3 Å². The van der Waals surface area contributed by atoms with E-state index >= 15 is 0 Å². The Morgan fingerprint density at radius 3 is 2.37 bits per heavy atom. The first-order valence-electron chi connectivity index (χ1n) is 9.68. The van der Waals surface area contributed by atoms with Crippen LogP contribution in [-0.2, 0) is 0 Å². The van der Waals surface area contributed by atoms with Crippen molar-refractivity contribution >= 4 is 21.7 Å². The number of hydrogen-bond donors (Lipinski definition) is 1. The summed E-state index contributed by atoms with van der Waals surface area (Å²) < 4.78 is 0. The van der Waals surface area contributed by atoms with E-state index in [4.69, 9.17) is 4.98 Å². The van der Waals surface area contributed by atoms with Gasteiger partial charge in [-0.1, -0.05) is 66.7 Å². The van der Waals surface area contributed by atoms with Crippen molar-refractivity contribution in [3.63, 3.8) is 0 Å². The van der Waals surface area contributed by atoms with Gasteiger partial charge in [-0.2, -0.15) is 0 Å². The second-order valence-electron chi connectivity index (χ2n) is 7.19. The van der Waals surface area contributed by atoms with Crippen molar-refractivity contribution in [3.8, 4) is 0 Å². The van der Waals surface area contributed by atoms with Crippen LogP contribution >= 0.6 is 0 Å². The minimum absolute atomic E-state index is 0.169. The zero-order valence-corrected chi connectivity index (χ0v) is 15.3. The van der Waals surface area contributed by atoms with E-state index in [1.165, 1.54) is 21.7 Å². The van der Waals surface area contributed by atoms with Crippen molar-refractivity contribution in [2.45, 2.75) is 6.04 Å². The first-order valence-corrected chi connectivity index (χ1v) is 9.68. The van der Waals surface area contributed by atoms with Crippen LogP contribution in [0.4, 0.5) is 0 Å². The van der Waals surface area contributed by atoms with Crippen LogP contribution in [-0.4, -0.2) is 36.1 Å². The zero-order valence-electron chi connectivity index (χ0n) is 15.3. The standard InChI is InChI=1S/C24H23N3/c1-3-9-20-18(6-1)8-5-10-21(20)24(27-16-14-25-15-17-27)23-13-12-19-7-2-4-11-22(19)26-23/h1-13,24-25H,14-17H2. The largest absolute Gasteiger partial charge is 0.314 e. The number of hydrogen-bond acceptors (Lipinski definition) is 3. The highest BCUT2D eigenvalue weighted by atomic mass is 15.2. The van der Waals surface area contributed by atoms with Gasteiger partial charge in [-0.05, 0) is 28.5 Å². The quantitative estimate of drug-likeness (QED) is 0.592. The molecule has 3 heteroatoms. The summed E-state index contributed by atoms with van der Waals surface area (Å²) in [7, 11) is 0. The monoisotopic (exact) mass is 353 g/mol. The molecule has 0 bridgehead atoms.